The number of amides is 1. The Hall–Kier alpha value is -1.80. The molecular formula is C12H18N4O. The normalized spacial score (nSPS) is 10.0. The largest absolute Gasteiger partial charge is 0.359 e. The van der Waals surface area contributed by atoms with Crippen LogP contribution in [0.1, 0.15) is 23.4 Å². The third-order valence-corrected chi connectivity index (χ3v) is 2.88. The van der Waals surface area contributed by atoms with E-state index in [9.17, 15) is 4.79 Å². The Morgan fingerprint density at radius 3 is 2.82 bits per heavy atom. The van der Waals surface area contributed by atoms with Crippen molar-refractivity contribution in [2.75, 3.05) is 13.6 Å². The molecule has 0 aliphatic heterocycles. The molecule has 0 spiro atoms. The van der Waals surface area contributed by atoms with Crippen molar-refractivity contribution in [2.45, 2.75) is 19.9 Å². The highest BCUT2D eigenvalue weighted by Crippen LogP contribution is 2.12. The third kappa shape index (κ3) is 3.33. The fraction of sp³-hybridized carbons (Fsp3) is 0.500. The highest BCUT2D eigenvalue weighted by molar-refractivity contribution is 5.75. The molecule has 92 valence electrons. The number of hydrogen-bond acceptors (Lipinski definition) is 3. The van der Waals surface area contributed by atoms with E-state index in [0.29, 0.717) is 25.2 Å². The monoisotopic (exact) mass is 234 g/mol. The van der Waals surface area contributed by atoms with Crippen molar-refractivity contribution in [3.8, 4) is 6.07 Å². The second-order valence-corrected chi connectivity index (χ2v) is 3.91. The molecule has 1 rings (SSSR count). The number of hydrogen-bond donors (Lipinski definition) is 2. The van der Waals surface area contributed by atoms with Crippen LogP contribution in [0.2, 0.25) is 0 Å². The van der Waals surface area contributed by atoms with Crippen LogP contribution in [0.15, 0.2) is 6.07 Å². The third-order valence-electron chi connectivity index (χ3n) is 2.88. The standard InChI is InChI=1S/C12H18N4O/c1-9-10(6-11(7-13)16(9)3)8-15-5-4-12(17)14-2/h6,15H,4-5,8H2,1-3H3,(H,14,17). The second-order valence-electron chi connectivity index (χ2n) is 3.91. The molecule has 5 heteroatoms. The summed E-state index contributed by atoms with van der Waals surface area (Å²) in [6, 6.07) is 4.02. The lowest BCUT2D eigenvalue weighted by molar-refractivity contribution is -0.120. The summed E-state index contributed by atoms with van der Waals surface area (Å²) >= 11 is 0. The summed E-state index contributed by atoms with van der Waals surface area (Å²) in [6.45, 7) is 3.30. The van der Waals surface area contributed by atoms with Crippen LogP contribution in [0.5, 0.6) is 0 Å². The van der Waals surface area contributed by atoms with E-state index in [1.54, 1.807) is 7.05 Å². The molecule has 0 aromatic carbocycles. The molecule has 0 unspecified atom stereocenters. The number of carbonyl (C=O) groups excluding carboxylic acids is 1. The molecule has 1 heterocycles. The quantitative estimate of drug-likeness (QED) is 0.726. The average Bonchev–Trinajstić information content (AvgIpc) is 2.61. The average molecular weight is 234 g/mol. The summed E-state index contributed by atoms with van der Waals surface area (Å²) in [5.41, 5.74) is 2.83. The zero-order valence-corrected chi connectivity index (χ0v) is 10.5. The minimum Gasteiger partial charge on any atom is -0.359 e. The minimum absolute atomic E-state index is 0.0278. The van der Waals surface area contributed by atoms with Crippen molar-refractivity contribution in [1.29, 1.82) is 5.26 Å². The van der Waals surface area contributed by atoms with Crippen LogP contribution in [0.4, 0.5) is 0 Å². The van der Waals surface area contributed by atoms with Gasteiger partial charge in [-0.25, -0.2) is 0 Å². The molecule has 1 amide bonds. The summed E-state index contributed by atoms with van der Waals surface area (Å²) in [4.78, 5) is 11.0. The maximum absolute atomic E-state index is 11.0. The van der Waals surface area contributed by atoms with Crippen molar-refractivity contribution in [1.82, 2.24) is 15.2 Å². The molecule has 2 N–H and O–H groups in total. The fourth-order valence-electron chi connectivity index (χ4n) is 1.60. The first kappa shape index (κ1) is 13.3. The van der Waals surface area contributed by atoms with Gasteiger partial charge in [-0.05, 0) is 18.6 Å². The van der Waals surface area contributed by atoms with Gasteiger partial charge in [0.2, 0.25) is 5.91 Å². The van der Waals surface area contributed by atoms with Crippen molar-refractivity contribution in [3.05, 3.63) is 23.0 Å². The lowest BCUT2D eigenvalue weighted by Crippen LogP contribution is -2.24. The molecule has 5 nitrogen and oxygen atoms in total. The van der Waals surface area contributed by atoms with Crippen molar-refractivity contribution < 1.29 is 4.79 Å². The maximum Gasteiger partial charge on any atom is 0.221 e. The predicted octanol–water partition coefficient (Wildman–Crippen LogP) is 0.431. The smallest absolute Gasteiger partial charge is 0.221 e. The van der Waals surface area contributed by atoms with Crippen LogP contribution in [0, 0.1) is 18.3 Å². The van der Waals surface area contributed by atoms with Crippen molar-refractivity contribution in [3.63, 3.8) is 0 Å². The van der Waals surface area contributed by atoms with Crippen LogP contribution >= 0.6 is 0 Å². The summed E-state index contributed by atoms with van der Waals surface area (Å²) in [5, 5.41) is 14.6. The van der Waals surface area contributed by atoms with Crippen LogP contribution in [0.25, 0.3) is 0 Å². The molecule has 0 fully saturated rings. The van der Waals surface area contributed by atoms with Crippen LogP contribution in [-0.2, 0) is 18.4 Å². The molecule has 17 heavy (non-hydrogen) atoms. The molecule has 1 aromatic rings. The molecule has 0 aliphatic rings. The topological polar surface area (TPSA) is 69.8 Å². The van der Waals surface area contributed by atoms with Crippen molar-refractivity contribution in [2.24, 2.45) is 7.05 Å². The summed E-state index contributed by atoms with van der Waals surface area (Å²) < 4.78 is 1.87. The summed E-state index contributed by atoms with van der Waals surface area (Å²) in [5.74, 6) is 0.0278. The Morgan fingerprint density at radius 2 is 2.29 bits per heavy atom. The first-order chi connectivity index (χ1) is 8.10. The Morgan fingerprint density at radius 1 is 1.59 bits per heavy atom. The number of nitrogens with zero attached hydrogens (tertiary/aromatic N) is 2. The SMILES string of the molecule is CNC(=O)CCNCc1cc(C#N)n(C)c1C. The molecular weight excluding hydrogens is 216 g/mol. The van der Waals surface area contributed by atoms with Crippen molar-refractivity contribution >= 4 is 5.91 Å². The van der Waals surface area contributed by atoms with Gasteiger partial charge in [-0.1, -0.05) is 0 Å². The van der Waals surface area contributed by atoms with E-state index >= 15 is 0 Å². The Bertz CT molecular complexity index is 442. The highest BCUT2D eigenvalue weighted by Gasteiger charge is 2.07. The van der Waals surface area contributed by atoms with Gasteiger partial charge in [-0.15, -0.1) is 0 Å². The van der Waals surface area contributed by atoms with E-state index in [2.05, 4.69) is 16.7 Å². The summed E-state index contributed by atoms with van der Waals surface area (Å²) in [7, 11) is 3.50. The molecule has 0 saturated carbocycles. The number of rotatable bonds is 5. The minimum atomic E-state index is 0.0278. The van der Waals surface area contributed by atoms with Gasteiger partial charge in [0.1, 0.15) is 11.8 Å². The Balaban J connectivity index is 2.48. The van der Waals surface area contributed by atoms with Gasteiger partial charge < -0.3 is 15.2 Å². The van der Waals surface area contributed by atoms with Crippen LogP contribution in [0.3, 0.4) is 0 Å². The van der Waals surface area contributed by atoms with Gasteiger partial charge in [0.15, 0.2) is 0 Å². The zero-order chi connectivity index (χ0) is 12.8. The van der Waals surface area contributed by atoms with E-state index in [1.807, 2.05) is 24.6 Å². The molecule has 0 bridgehead atoms. The fourth-order valence-corrected chi connectivity index (χ4v) is 1.60. The van der Waals surface area contributed by atoms with Gasteiger partial charge in [0.05, 0.1) is 0 Å². The summed E-state index contributed by atoms with van der Waals surface area (Å²) in [6.07, 6.45) is 0.466. The van der Waals surface area contributed by atoms with E-state index in [1.165, 1.54) is 0 Å². The highest BCUT2D eigenvalue weighted by atomic mass is 16.1. The Kier molecular flexibility index (Phi) is 4.73. The lowest BCUT2D eigenvalue weighted by atomic mass is 10.2. The van der Waals surface area contributed by atoms with E-state index in [4.69, 9.17) is 5.26 Å². The second kappa shape index (κ2) is 6.06. The zero-order valence-electron chi connectivity index (χ0n) is 10.5. The Labute approximate surface area is 101 Å². The van der Waals surface area contributed by atoms with Gasteiger partial charge >= 0.3 is 0 Å². The number of carbonyl (C=O) groups is 1. The maximum atomic E-state index is 11.0. The molecule has 0 aliphatic carbocycles. The number of nitrogens with one attached hydrogen (secondary N) is 2. The van der Waals surface area contributed by atoms with E-state index in [0.717, 1.165) is 11.3 Å². The van der Waals surface area contributed by atoms with Gasteiger partial charge in [-0.3, -0.25) is 4.79 Å². The lowest BCUT2D eigenvalue weighted by Gasteiger charge is -2.04. The van der Waals surface area contributed by atoms with E-state index in [-0.39, 0.29) is 5.91 Å². The predicted molar refractivity (Wildman–Crippen MR) is 65.3 cm³/mol. The van der Waals surface area contributed by atoms with E-state index < -0.39 is 0 Å². The number of nitriles is 1. The molecule has 0 saturated heterocycles. The number of aromatic nitrogens is 1. The van der Waals surface area contributed by atoms with Crippen LogP contribution in [-0.4, -0.2) is 24.1 Å². The van der Waals surface area contributed by atoms with Gasteiger partial charge in [0.25, 0.3) is 0 Å². The van der Waals surface area contributed by atoms with Gasteiger partial charge in [-0.2, -0.15) is 5.26 Å². The van der Waals surface area contributed by atoms with Crippen LogP contribution < -0.4 is 10.6 Å². The van der Waals surface area contributed by atoms with Gasteiger partial charge in [0, 0.05) is 39.3 Å². The first-order valence-corrected chi connectivity index (χ1v) is 5.56. The molecule has 0 atom stereocenters. The molecule has 0 radical (unpaired) electrons. The first-order valence-electron chi connectivity index (χ1n) is 5.56. The molecule has 1 aromatic heterocycles.